The summed E-state index contributed by atoms with van der Waals surface area (Å²) >= 11 is 1.84. The molecule has 0 radical (unpaired) electrons. The summed E-state index contributed by atoms with van der Waals surface area (Å²) in [5, 5.41) is 0. The Morgan fingerprint density at radius 1 is 1.35 bits per heavy atom. The highest BCUT2D eigenvalue weighted by Gasteiger charge is 2.17. The quantitative estimate of drug-likeness (QED) is 0.881. The molecule has 20 heavy (non-hydrogen) atoms. The van der Waals surface area contributed by atoms with E-state index in [2.05, 4.69) is 49.8 Å². The number of rotatable bonds is 6. The van der Waals surface area contributed by atoms with Crippen LogP contribution in [0.25, 0.3) is 11.0 Å². The van der Waals surface area contributed by atoms with Crippen molar-refractivity contribution in [3.8, 4) is 0 Å². The third-order valence-electron chi connectivity index (χ3n) is 3.45. The van der Waals surface area contributed by atoms with E-state index in [1.54, 1.807) is 0 Å². The zero-order valence-electron chi connectivity index (χ0n) is 12.9. The number of nitrogens with zero attached hydrogens (tertiary/aromatic N) is 2. The van der Waals surface area contributed by atoms with Crippen molar-refractivity contribution in [3.63, 3.8) is 0 Å². The predicted molar refractivity (Wildman–Crippen MR) is 89.2 cm³/mol. The average Bonchev–Trinajstić information content (AvgIpc) is 2.73. The van der Waals surface area contributed by atoms with E-state index in [0.717, 1.165) is 30.1 Å². The molecule has 2 rings (SSSR count). The van der Waals surface area contributed by atoms with Crippen molar-refractivity contribution < 1.29 is 0 Å². The first kappa shape index (κ1) is 15.4. The molecule has 1 atom stereocenters. The zero-order valence-corrected chi connectivity index (χ0v) is 13.7. The molecule has 0 spiro atoms. The van der Waals surface area contributed by atoms with Gasteiger partial charge in [-0.05, 0) is 49.0 Å². The van der Waals surface area contributed by atoms with E-state index in [1.165, 1.54) is 11.1 Å². The molecule has 0 aliphatic heterocycles. The molecule has 3 nitrogen and oxygen atoms in total. The molecule has 2 N–H and O–H groups in total. The fraction of sp³-hybridized carbons (Fsp3) is 0.562. The van der Waals surface area contributed by atoms with Crippen molar-refractivity contribution in [2.75, 3.05) is 12.0 Å². The molecule has 1 aromatic heterocycles. The highest BCUT2D eigenvalue weighted by molar-refractivity contribution is 7.98. The van der Waals surface area contributed by atoms with Gasteiger partial charge < -0.3 is 10.3 Å². The minimum absolute atomic E-state index is 0.0221. The molecule has 0 aliphatic rings. The van der Waals surface area contributed by atoms with Crippen LogP contribution >= 0.6 is 11.8 Å². The number of thioether (sulfide) groups is 1. The van der Waals surface area contributed by atoms with E-state index in [9.17, 15) is 0 Å². The molecule has 0 saturated carbocycles. The first-order valence-corrected chi connectivity index (χ1v) is 8.63. The zero-order chi connectivity index (χ0) is 14.7. The van der Waals surface area contributed by atoms with E-state index in [1.807, 2.05) is 11.8 Å². The summed E-state index contributed by atoms with van der Waals surface area (Å²) in [4.78, 5) is 4.81. The molecule has 110 valence electrons. The Morgan fingerprint density at radius 2 is 2.10 bits per heavy atom. The van der Waals surface area contributed by atoms with Crippen LogP contribution in [0.5, 0.6) is 0 Å². The Kier molecular flexibility index (Phi) is 5.11. The van der Waals surface area contributed by atoms with Crippen molar-refractivity contribution in [1.82, 2.24) is 9.55 Å². The molecule has 0 bridgehead atoms. The predicted octanol–water partition coefficient (Wildman–Crippen LogP) is 3.75. The lowest BCUT2D eigenvalue weighted by molar-refractivity contribution is 0.495. The van der Waals surface area contributed by atoms with Crippen LogP contribution in [0.3, 0.4) is 0 Å². The first-order valence-electron chi connectivity index (χ1n) is 7.24. The minimum Gasteiger partial charge on any atom is -0.326 e. The summed E-state index contributed by atoms with van der Waals surface area (Å²) < 4.78 is 2.31. The van der Waals surface area contributed by atoms with Crippen LogP contribution in [0, 0.1) is 12.8 Å². The summed E-state index contributed by atoms with van der Waals surface area (Å²) in [6.45, 7) is 7.55. The number of fused-ring (bicyclic) bond motifs is 1. The molecular formula is C16H25N3S. The van der Waals surface area contributed by atoms with Gasteiger partial charge in [-0.25, -0.2) is 4.98 Å². The number of aryl methyl sites for hydroxylation is 1. The Bertz CT molecular complexity index is 574. The van der Waals surface area contributed by atoms with Crippen LogP contribution < -0.4 is 5.73 Å². The normalized spacial score (nSPS) is 13.3. The van der Waals surface area contributed by atoms with Gasteiger partial charge in [0.25, 0.3) is 0 Å². The van der Waals surface area contributed by atoms with Gasteiger partial charge in [-0.15, -0.1) is 0 Å². The smallest absolute Gasteiger partial charge is 0.126 e. The van der Waals surface area contributed by atoms with Gasteiger partial charge in [0.1, 0.15) is 5.82 Å². The van der Waals surface area contributed by atoms with E-state index >= 15 is 0 Å². The summed E-state index contributed by atoms with van der Waals surface area (Å²) in [6, 6.07) is 6.49. The third-order valence-corrected chi connectivity index (χ3v) is 4.09. The Balaban J connectivity index is 2.45. The van der Waals surface area contributed by atoms with E-state index in [-0.39, 0.29) is 6.04 Å². The highest BCUT2D eigenvalue weighted by atomic mass is 32.2. The molecule has 1 aromatic carbocycles. The van der Waals surface area contributed by atoms with Gasteiger partial charge in [0.05, 0.1) is 17.1 Å². The van der Waals surface area contributed by atoms with Gasteiger partial charge in [0.15, 0.2) is 0 Å². The molecule has 0 fully saturated rings. The van der Waals surface area contributed by atoms with Crippen LogP contribution in [-0.4, -0.2) is 21.6 Å². The monoisotopic (exact) mass is 291 g/mol. The van der Waals surface area contributed by atoms with E-state index in [4.69, 9.17) is 10.7 Å². The van der Waals surface area contributed by atoms with E-state index in [0.29, 0.717) is 5.92 Å². The summed E-state index contributed by atoms with van der Waals surface area (Å²) in [6.07, 6.45) is 3.09. The second kappa shape index (κ2) is 6.64. The van der Waals surface area contributed by atoms with Gasteiger partial charge in [0, 0.05) is 6.54 Å². The van der Waals surface area contributed by atoms with Gasteiger partial charge >= 0.3 is 0 Å². The van der Waals surface area contributed by atoms with Crippen molar-refractivity contribution in [3.05, 3.63) is 29.6 Å². The van der Waals surface area contributed by atoms with Crippen molar-refractivity contribution in [2.24, 2.45) is 11.7 Å². The van der Waals surface area contributed by atoms with Crippen LogP contribution in [0.1, 0.15) is 37.7 Å². The summed E-state index contributed by atoms with van der Waals surface area (Å²) in [7, 11) is 0. The van der Waals surface area contributed by atoms with Gasteiger partial charge in [-0.1, -0.05) is 19.9 Å². The van der Waals surface area contributed by atoms with E-state index < -0.39 is 0 Å². The number of imidazole rings is 1. The van der Waals surface area contributed by atoms with Crippen LogP contribution in [0.2, 0.25) is 0 Å². The standard InChI is InChI=1S/C16H25N3S/c1-11(2)10-19-15-6-5-12(3)9-14(15)18-16(19)13(17)7-8-20-4/h5-6,9,11,13H,7-8,10,17H2,1-4H3. The SMILES string of the molecule is CSCCC(N)c1nc2cc(C)ccc2n1CC(C)C. The Labute approximate surface area is 125 Å². The van der Waals surface area contributed by atoms with Crippen molar-refractivity contribution in [1.29, 1.82) is 0 Å². The van der Waals surface area contributed by atoms with Crippen LogP contribution in [0.15, 0.2) is 18.2 Å². The Hall–Kier alpha value is -1.00. The fourth-order valence-corrected chi connectivity index (χ4v) is 2.96. The number of benzene rings is 1. The van der Waals surface area contributed by atoms with Crippen molar-refractivity contribution in [2.45, 2.75) is 39.8 Å². The first-order chi connectivity index (χ1) is 9.52. The van der Waals surface area contributed by atoms with Gasteiger partial charge in [-0.3, -0.25) is 0 Å². The average molecular weight is 291 g/mol. The second-order valence-electron chi connectivity index (χ2n) is 5.85. The number of hydrogen-bond donors (Lipinski definition) is 1. The molecule has 2 aromatic rings. The molecular weight excluding hydrogens is 266 g/mol. The van der Waals surface area contributed by atoms with Crippen LogP contribution in [-0.2, 0) is 6.54 Å². The highest BCUT2D eigenvalue weighted by Crippen LogP contribution is 2.24. The lowest BCUT2D eigenvalue weighted by atomic mass is 10.2. The Morgan fingerprint density at radius 3 is 2.75 bits per heavy atom. The van der Waals surface area contributed by atoms with Gasteiger partial charge in [0.2, 0.25) is 0 Å². The van der Waals surface area contributed by atoms with Crippen molar-refractivity contribution >= 4 is 22.8 Å². The number of aromatic nitrogens is 2. The maximum absolute atomic E-state index is 6.36. The summed E-state index contributed by atoms with van der Waals surface area (Å²) in [5.41, 5.74) is 9.89. The molecule has 1 heterocycles. The second-order valence-corrected chi connectivity index (χ2v) is 6.84. The lowest BCUT2D eigenvalue weighted by Gasteiger charge is -2.16. The molecule has 0 saturated heterocycles. The van der Waals surface area contributed by atoms with Crippen LogP contribution in [0.4, 0.5) is 0 Å². The molecule has 0 aliphatic carbocycles. The minimum atomic E-state index is 0.0221. The molecule has 0 amide bonds. The topological polar surface area (TPSA) is 43.8 Å². The fourth-order valence-electron chi connectivity index (χ4n) is 2.47. The summed E-state index contributed by atoms with van der Waals surface area (Å²) in [5.74, 6) is 2.69. The largest absolute Gasteiger partial charge is 0.326 e. The molecule has 1 unspecified atom stereocenters. The third kappa shape index (κ3) is 3.36. The maximum Gasteiger partial charge on any atom is 0.126 e. The maximum atomic E-state index is 6.36. The lowest BCUT2D eigenvalue weighted by Crippen LogP contribution is -2.19. The number of hydrogen-bond acceptors (Lipinski definition) is 3. The number of nitrogens with two attached hydrogens (primary N) is 1. The molecule has 4 heteroatoms. The van der Waals surface area contributed by atoms with Gasteiger partial charge in [-0.2, -0.15) is 11.8 Å².